The smallest absolute Gasteiger partial charge is 0.191 e. The number of benzene rings is 2. The van der Waals surface area contributed by atoms with Gasteiger partial charge in [-0.1, -0.05) is 24.3 Å². The Morgan fingerprint density at radius 2 is 2.00 bits per heavy atom. The Bertz CT molecular complexity index is 931. The molecular formula is C21H25FIN5. The molecule has 0 bridgehead atoms. The van der Waals surface area contributed by atoms with E-state index in [0.717, 1.165) is 60.7 Å². The number of para-hydroxylation sites is 2. The molecule has 0 unspecified atom stereocenters. The average Bonchev–Trinajstić information content (AvgIpc) is 3.36. The van der Waals surface area contributed by atoms with Crippen molar-refractivity contribution in [2.75, 3.05) is 20.1 Å². The molecular weight excluding hydrogens is 468 g/mol. The normalized spacial score (nSPS) is 15.1. The number of rotatable bonds is 6. The van der Waals surface area contributed by atoms with E-state index in [-0.39, 0.29) is 35.2 Å². The molecule has 5 nitrogen and oxygen atoms in total. The van der Waals surface area contributed by atoms with Crippen molar-refractivity contribution in [3.8, 4) is 0 Å². The van der Waals surface area contributed by atoms with Crippen molar-refractivity contribution >= 4 is 41.0 Å². The monoisotopic (exact) mass is 493 g/mol. The Labute approximate surface area is 181 Å². The van der Waals surface area contributed by atoms with Crippen LogP contribution in [-0.4, -0.2) is 36.1 Å². The summed E-state index contributed by atoms with van der Waals surface area (Å²) in [6.45, 7) is 1.48. The summed E-state index contributed by atoms with van der Waals surface area (Å²) < 4.78 is 13.5. The minimum absolute atomic E-state index is 0. The fourth-order valence-corrected chi connectivity index (χ4v) is 3.43. The zero-order valence-corrected chi connectivity index (χ0v) is 18.2. The van der Waals surface area contributed by atoms with Crippen LogP contribution >= 0.6 is 24.0 Å². The summed E-state index contributed by atoms with van der Waals surface area (Å²) >= 11 is 0. The Morgan fingerprint density at radius 3 is 2.71 bits per heavy atom. The molecule has 0 spiro atoms. The maximum Gasteiger partial charge on any atom is 0.191 e. The van der Waals surface area contributed by atoms with Crippen molar-refractivity contribution in [1.82, 2.24) is 20.6 Å². The molecule has 7 heteroatoms. The van der Waals surface area contributed by atoms with Gasteiger partial charge in [0.05, 0.1) is 11.0 Å². The lowest BCUT2D eigenvalue weighted by atomic mass is 9.96. The van der Waals surface area contributed by atoms with Crippen LogP contribution in [0.4, 0.5) is 4.39 Å². The first-order chi connectivity index (χ1) is 13.2. The molecule has 0 aliphatic heterocycles. The van der Waals surface area contributed by atoms with Crippen LogP contribution in [0.5, 0.6) is 0 Å². The van der Waals surface area contributed by atoms with Crippen molar-refractivity contribution < 1.29 is 4.39 Å². The van der Waals surface area contributed by atoms with Gasteiger partial charge < -0.3 is 15.6 Å². The van der Waals surface area contributed by atoms with Gasteiger partial charge in [0.1, 0.15) is 11.6 Å². The van der Waals surface area contributed by atoms with Crippen molar-refractivity contribution in [3.05, 3.63) is 65.7 Å². The molecule has 1 aromatic heterocycles. The Balaban J connectivity index is 0.00000225. The number of H-pyrrole nitrogens is 1. The molecule has 4 rings (SSSR count). The van der Waals surface area contributed by atoms with Crippen LogP contribution in [0.25, 0.3) is 11.0 Å². The van der Waals surface area contributed by atoms with Crippen LogP contribution in [0.3, 0.4) is 0 Å². The summed E-state index contributed by atoms with van der Waals surface area (Å²) in [4.78, 5) is 12.2. The topological polar surface area (TPSA) is 65.1 Å². The lowest BCUT2D eigenvalue weighted by Crippen LogP contribution is -2.42. The number of hydrogen-bond donors (Lipinski definition) is 3. The van der Waals surface area contributed by atoms with E-state index < -0.39 is 0 Å². The Kier molecular flexibility index (Phi) is 6.53. The second-order valence-electron chi connectivity index (χ2n) is 7.09. The van der Waals surface area contributed by atoms with Gasteiger partial charge in [-0.05, 0) is 42.7 Å². The zero-order valence-electron chi connectivity index (χ0n) is 15.8. The number of aliphatic imine (C=N–C) groups is 1. The van der Waals surface area contributed by atoms with Crippen LogP contribution in [0.2, 0.25) is 0 Å². The summed E-state index contributed by atoms with van der Waals surface area (Å²) in [7, 11) is 1.76. The number of fused-ring (bicyclic) bond motifs is 1. The van der Waals surface area contributed by atoms with E-state index in [1.807, 2.05) is 30.3 Å². The summed E-state index contributed by atoms with van der Waals surface area (Å²) in [5.41, 5.74) is 3.13. The highest BCUT2D eigenvalue weighted by Crippen LogP contribution is 2.47. The van der Waals surface area contributed by atoms with Crippen molar-refractivity contribution in [2.45, 2.75) is 24.7 Å². The summed E-state index contributed by atoms with van der Waals surface area (Å²) in [6.07, 6.45) is 2.92. The highest BCUT2D eigenvalue weighted by atomic mass is 127. The van der Waals surface area contributed by atoms with Gasteiger partial charge in [-0.25, -0.2) is 9.37 Å². The second kappa shape index (κ2) is 8.89. The fourth-order valence-electron chi connectivity index (χ4n) is 3.43. The zero-order chi connectivity index (χ0) is 18.7. The molecule has 0 atom stereocenters. The number of hydrogen-bond acceptors (Lipinski definition) is 2. The number of guanidine groups is 1. The minimum Gasteiger partial charge on any atom is -0.356 e. The van der Waals surface area contributed by atoms with Gasteiger partial charge in [-0.2, -0.15) is 0 Å². The molecule has 0 amide bonds. The van der Waals surface area contributed by atoms with E-state index in [4.69, 9.17) is 0 Å². The fraction of sp³-hybridized carbons (Fsp3) is 0.333. The molecule has 1 fully saturated rings. The van der Waals surface area contributed by atoms with E-state index in [1.165, 1.54) is 6.07 Å². The highest BCUT2D eigenvalue weighted by Gasteiger charge is 2.44. The Morgan fingerprint density at radius 1 is 1.18 bits per heavy atom. The first kappa shape index (κ1) is 20.6. The van der Waals surface area contributed by atoms with Gasteiger partial charge in [0, 0.05) is 32.0 Å². The minimum atomic E-state index is -0.174. The van der Waals surface area contributed by atoms with Crippen LogP contribution in [0, 0.1) is 5.82 Å². The lowest BCUT2D eigenvalue weighted by Gasteiger charge is -2.19. The molecule has 0 saturated heterocycles. The maximum atomic E-state index is 13.5. The largest absolute Gasteiger partial charge is 0.356 e. The van der Waals surface area contributed by atoms with Gasteiger partial charge in [-0.3, -0.25) is 4.99 Å². The lowest BCUT2D eigenvalue weighted by molar-refractivity contribution is 0.607. The van der Waals surface area contributed by atoms with Crippen LogP contribution in [-0.2, 0) is 11.8 Å². The standard InChI is InChI=1S/C21H24FN5.HI/c1-23-20(24-12-9-19-26-17-7-2-3-8-18(17)27-19)25-14-21(10-11-21)15-5-4-6-16(22)13-15;/h2-8,13H,9-12,14H2,1H3,(H,26,27)(H2,23,24,25);1H. The van der Waals surface area contributed by atoms with Crippen molar-refractivity contribution in [1.29, 1.82) is 0 Å². The summed E-state index contributed by atoms with van der Waals surface area (Å²) in [5.74, 6) is 1.54. The van der Waals surface area contributed by atoms with Crippen molar-refractivity contribution in [3.63, 3.8) is 0 Å². The Hall–Kier alpha value is -2.16. The molecule has 1 aliphatic carbocycles. The molecule has 1 heterocycles. The van der Waals surface area contributed by atoms with E-state index in [9.17, 15) is 4.39 Å². The van der Waals surface area contributed by atoms with Crippen molar-refractivity contribution in [2.24, 2.45) is 4.99 Å². The first-order valence-corrected chi connectivity index (χ1v) is 9.33. The number of aromatic nitrogens is 2. The number of nitrogens with one attached hydrogen (secondary N) is 3. The molecule has 3 N–H and O–H groups in total. The molecule has 28 heavy (non-hydrogen) atoms. The van der Waals surface area contributed by atoms with Crippen LogP contribution in [0.1, 0.15) is 24.2 Å². The van der Waals surface area contributed by atoms with Gasteiger partial charge in [0.2, 0.25) is 0 Å². The molecule has 0 radical (unpaired) electrons. The summed E-state index contributed by atoms with van der Waals surface area (Å²) in [6, 6.07) is 15.0. The van der Waals surface area contributed by atoms with Gasteiger partial charge in [0.25, 0.3) is 0 Å². The number of halogens is 2. The molecule has 2 aromatic carbocycles. The molecule has 1 saturated carbocycles. The van der Waals surface area contributed by atoms with Gasteiger partial charge in [0.15, 0.2) is 5.96 Å². The molecule has 148 valence electrons. The van der Waals surface area contributed by atoms with Gasteiger partial charge >= 0.3 is 0 Å². The quantitative estimate of drug-likeness (QED) is 0.279. The maximum absolute atomic E-state index is 13.5. The predicted octanol–water partition coefficient (Wildman–Crippen LogP) is 3.76. The third kappa shape index (κ3) is 4.63. The predicted molar refractivity (Wildman–Crippen MR) is 122 cm³/mol. The van der Waals surface area contributed by atoms with E-state index in [0.29, 0.717) is 0 Å². The number of aromatic amines is 1. The van der Waals surface area contributed by atoms with Crippen LogP contribution in [0.15, 0.2) is 53.5 Å². The molecule has 1 aliphatic rings. The summed E-state index contributed by atoms with van der Waals surface area (Å²) in [5, 5.41) is 6.72. The van der Waals surface area contributed by atoms with E-state index in [2.05, 4.69) is 25.6 Å². The third-order valence-electron chi connectivity index (χ3n) is 5.20. The van der Waals surface area contributed by atoms with Crippen LogP contribution < -0.4 is 10.6 Å². The van der Waals surface area contributed by atoms with E-state index in [1.54, 1.807) is 19.2 Å². The second-order valence-corrected chi connectivity index (χ2v) is 7.09. The SMILES string of the molecule is CN=C(NCCc1nc2ccccc2[nH]1)NCC1(c2cccc(F)c2)CC1.I. The first-order valence-electron chi connectivity index (χ1n) is 9.33. The third-order valence-corrected chi connectivity index (χ3v) is 5.20. The molecule has 3 aromatic rings. The number of nitrogens with zero attached hydrogens (tertiary/aromatic N) is 2. The highest BCUT2D eigenvalue weighted by molar-refractivity contribution is 14.0. The average molecular weight is 493 g/mol. The number of imidazole rings is 1. The van der Waals surface area contributed by atoms with Gasteiger partial charge in [-0.15, -0.1) is 24.0 Å². The van der Waals surface area contributed by atoms with E-state index >= 15 is 0 Å².